The molecule has 0 spiro atoms. The first-order valence-electron chi connectivity index (χ1n) is 7.02. The Hall–Kier alpha value is -2.04. The lowest BCUT2D eigenvalue weighted by molar-refractivity contribution is 0.0782. The van der Waals surface area contributed by atoms with Crippen LogP contribution in [0.25, 0.3) is 0 Å². The van der Waals surface area contributed by atoms with Crippen molar-refractivity contribution in [2.75, 3.05) is 14.2 Å². The molecule has 0 saturated heterocycles. The summed E-state index contributed by atoms with van der Waals surface area (Å²) < 4.78 is 10.2. The normalized spacial score (nSPS) is 10.5. The van der Waals surface area contributed by atoms with Crippen LogP contribution in [0, 0.1) is 0 Å². The molecule has 2 N–H and O–H groups in total. The van der Waals surface area contributed by atoms with E-state index in [1.807, 2.05) is 36.4 Å². The lowest BCUT2D eigenvalue weighted by Gasteiger charge is -2.19. The second-order valence-electron chi connectivity index (χ2n) is 5.27. The van der Waals surface area contributed by atoms with Crippen LogP contribution < -0.4 is 9.47 Å². The Balaban J connectivity index is 0.000000255. The van der Waals surface area contributed by atoms with Crippen LogP contribution in [-0.4, -0.2) is 24.4 Å². The van der Waals surface area contributed by atoms with Gasteiger partial charge in [-0.3, -0.25) is 0 Å². The highest BCUT2D eigenvalue weighted by Gasteiger charge is 2.17. The van der Waals surface area contributed by atoms with Gasteiger partial charge in [-0.05, 0) is 37.1 Å². The molecular formula is C18H24O4. The maximum absolute atomic E-state index is 9.78. The Morgan fingerprint density at radius 3 is 1.91 bits per heavy atom. The van der Waals surface area contributed by atoms with Gasteiger partial charge >= 0.3 is 0 Å². The molecule has 120 valence electrons. The van der Waals surface area contributed by atoms with Crippen molar-refractivity contribution < 1.29 is 19.7 Å². The number of rotatable bonds is 4. The van der Waals surface area contributed by atoms with E-state index in [2.05, 4.69) is 0 Å². The number of benzene rings is 2. The zero-order valence-electron chi connectivity index (χ0n) is 13.5. The Kier molecular flexibility index (Phi) is 6.89. The van der Waals surface area contributed by atoms with E-state index in [1.54, 1.807) is 40.2 Å². The van der Waals surface area contributed by atoms with Gasteiger partial charge in [0.15, 0.2) is 11.5 Å². The molecule has 0 heterocycles. The van der Waals surface area contributed by atoms with E-state index in [0.717, 1.165) is 11.1 Å². The number of aliphatic hydroxyl groups excluding tert-OH is 1. The van der Waals surface area contributed by atoms with Gasteiger partial charge in [0.25, 0.3) is 0 Å². The third kappa shape index (κ3) is 5.39. The molecule has 2 aromatic carbocycles. The minimum Gasteiger partial charge on any atom is -0.493 e. The highest BCUT2D eigenvalue weighted by atomic mass is 16.5. The van der Waals surface area contributed by atoms with E-state index < -0.39 is 5.60 Å². The summed E-state index contributed by atoms with van der Waals surface area (Å²) in [4.78, 5) is 0. The van der Waals surface area contributed by atoms with Gasteiger partial charge in [0.2, 0.25) is 0 Å². The predicted octanol–water partition coefficient (Wildman–Crippen LogP) is 3.11. The van der Waals surface area contributed by atoms with Gasteiger partial charge in [0.05, 0.1) is 26.4 Å². The molecule has 22 heavy (non-hydrogen) atoms. The Morgan fingerprint density at radius 2 is 1.50 bits per heavy atom. The monoisotopic (exact) mass is 304 g/mol. The van der Waals surface area contributed by atoms with Crippen LogP contribution in [0.3, 0.4) is 0 Å². The summed E-state index contributed by atoms with van der Waals surface area (Å²) in [5, 5.41) is 18.3. The summed E-state index contributed by atoms with van der Waals surface area (Å²) in [5.41, 5.74) is 0.905. The fraction of sp³-hybridized carbons (Fsp3) is 0.333. The van der Waals surface area contributed by atoms with Crippen molar-refractivity contribution in [1.29, 1.82) is 0 Å². The smallest absolute Gasteiger partial charge is 0.161 e. The van der Waals surface area contributed by atoms with Gasteiger partial charge < -0.3 is 19.7 Å². The third-order valence-corrected chi connectivity index (χ3v) is 3.12. The van der Waals surface area contributed by atoms with Gasteiger partial charge in [-0.25, -0.2) is 0 Å². The number of methoxy groups -OCH3 is 2. The number of aliphatic hydroxyl groups is 2. The first kappa shape index (κ1) is 18.0. The third-order valence-electron chi connectivity index (χ3n) is 3.12. The van der Waals surface area contributed by atoms with Crippen LogP contribution in [0.5, 0.6) is 11.5 Å². The second kappa shape index (κ2) is 8.41. The fourth-order valence-electron chi connectivity index (χ4n) is 1.80. The van der Waals surface area contributed by atoms with E-state index in [9.17, 15) is 5.11 Å². The van der Waals surface area contributed by atoms with Crippen LogP contribution in [0.1, 0.15) is 25.0 Å². The SMILES string of the molecule is COc1ccc(C(C)(C)O)cc1OC.OCc1ccccc1. The molecule has 0 aliphatic heterocycles. The zero-order chi connectivity index (χ0) is 16.6. The summed E-state index contributed by atoms with van der Waals surface area (Å²) >= 11 is 0. The minimum atomic E-state index is -0.862. The van der Waals surface area contributed by atoms with Crippen LogP contribution in [0.4, 0.5) is 0 Å². The van der Waals surface area contributed by atoms with Gasteiger partial charge in [0, 0.05) is 0 Å². The van der Waals surface area contributed by atoms with Gasteiger partial charge in [0.1, 0.15) is 0 Å². The number of hydrogen-bond acceptors (Lipinski definition) is 4. The maximum atomic E-state index is 9.78. The zero-order valence-corrected chi connectivity index (χ0v) is 13.5. The average Bonchev–Trinajstić information content (AvgIpc) is 2.54. The number of hydrogen-bond donors (Lipinski definition) is 2. The molecule has 0 amide bonds. The van der Waals surface area contributed by atoms with E-state index in [1.165, 1.54) is 0 Å². The van der Waals surface area contributed by atoms with Crippen molar-refractivity contribution in [2.24, 2.45) is 0 Å². The fourth-order valence-corrected chi connectivity index (χ4v) is 1.80. The molecular weight excluding hydrogens is 280 g/mol. The van der Waals surface area contributed by atoms with Crippen molar-refractivity contribution in [1.82, 2.24) is 0 Å². The van der Waals surface area contributed by atoms with Crippen molar-refractivity contribution in [2.45, 2.75) is 26.1 Å². The van der Waals surface area contributed by atoms with E-state index in [4.69, 9.17) is 14.6 Å². The molecule has 0 aliphatic rings. The van der Waals surface area contributed by atoms with E-state index >= 15 is 0 Å². The molecule has 0 atom stereocenters. The number of ether oxygens (including phenoxy) is 2. The molecule has 0 aliphatic carbocycles. The first-order valence-corrected chi connectivity index (χ1v) is 7.02. The Labute approximate surface area is 131 Å². The molecule has 4 heteroatoms. The summed E-state index contributed by atoms with van der Waals surface area (Å²) in [6, 6.07) is 14.9. The average molecular weight is 304 g/mol. The standard InChI is InChI=1S/C11H16O3.C7H8O/c1-11(2,12)8-5-6-9(13-3)10(7-8)14-4;8-6-7-4-2-1-3-5-7/h5-7,12H,1-4H3;1-5,8H,6H2. The molecule has 0 fully saturated rings. The van der Waals surface area contributed by atoms with Crippen molar-refractivity contribution in [3.63, 3.8) is 0 Å². The lowest BCUT2D eigenvalue weighted by Crippen LogP contribution is -2.15. The summed E-state index contributed by atoms with van der Waals surface area (Å²) in [6.07, 6.45) is 0. The summed E-state index contributed by atoms with van der Waals surface area (Å²) in [6.45, 7) is 3.60. The van der Waals surface area contributed by atoms with Crippen LogP contribution >= 0.6 is 0 Å². The van der Waals surface area contributed by atoms with Gasteiger partial charge in [-0.15, -0.1) is 0 Å². The van der Waals surface area contributed by atoms with Crippen LogP contribution in [0.2, 0.25) is 0 Å². The molecule has 4 nitrogen and oxygen atoms in total. The largest absolute Gasteiger partial charge is 0.493 e. The quantitative estimate of drug-likeness (QED) is 0.911. The van der Waals surface area contributed by atoms with E-state index in [-0.39, 0.29) is 6.61 Å². The van der Waals surface area contributed by atoms with Crippen molar-refractivity contribution in [3.8, 4) is 11.5 Å². The molecule has 0 bridgehead atoms. The van der Waals surface area contributed by atoms with Gasteiger partial charge in [-0.2, -0.15) is 0 Å². The van der Waals surface area contributed by atoms with E-state index in [0.29, 0.717) is 11.5 Å². The maximum Gasteiger partial charge on any atom is 0.161 e. The summed E-state index contributed by atoms with van der Waals surface area (Å²) in [5.74, 6) is 1.30. The van der Waals surface area contributed by atoms with Crippen LogP contribution in [-0.2, 0) is 12.2 Å². The second-order valence-corrected chi connectivity index (χ2v) is 5.27. The summed E-state index contributed by atoms with van der Waals surface area (Å²) in [7, 11) is 3.16. The predicted molar refractivity (Wildman–Crippen MR) is 87.2 cm³/mol. The molecule has 0 aromatic heterocycles. The van der Waals surface area contributed by atoms with Crippen LogP contribution in [0.15, 0.2) is 48.5 Å². The Bertz CT molecular complexity index is 559. The van der Waals surface area contributed by atoms with Crippen molar-refractivity contribution in [3.05, 3.63) is 59.7 Å². The molecule has 2 aromatic rings. The highest BCUT2D eigenvalue weighted by molar-refractivity contribution is 5.44. The van der Waals surface area contributed by atoms with Gasteiger partial charge in [-0.1, -0.05) is 36.4 Å². The molecule has 2 rings (SSSR count). The minimum absolute atomic E-state index is 0.140. The Morgan fingerprint density at radius 1 is 0.909 bits per heavy atom. The lowest BCUT2D eigenvalue weighted by atomic mass is 9.98. The first-order chi connectivity index (χ1) is 10.4. The van der Waals surface area contributed by atoms with Crippen molar-refractivity contribution >= 4 is 0 Å². The molecule has 0 unspecified atom stereocenters. The molecule has 0 radical (unpaired) electrons. The highest BCUT2D eigenvalue weighted by Crippen LogP contribution is 2.31. The topological polar surface area (TPSA) is 58.9 Å². The molecule has 0 saturated carbocycles.